The van der Waals surface area contributed by atoms with Gasteiger partial charge in [-0.05, 0) is 37.5 Å². The molecule has 1 aromatic carbocycles. The molecule has 116 valence electrons. The largest absolute Gasteiger partial charge is 0.381 e. The quantitative estimate of drug-likeness (QED) is 0.854. The van der Waals surface area contributed by atoms with E-state index in [0.29, 0.717) is 12.8 Å². The van der Waals surface area contributed by atoms with Crippen molar-refractivity contribution < 1.29 is 22.3 Å². The Hall–Kier alpha value is -1.18. The second-order valence-corrected chi connectivity index (χ2v) is 7.58. The topological polar surface area (TPSA) is 72.5 Å². The first kappa shape index (κ1) is 16.2. The average molecular weight is 336 g/mol. The lowest BCUT2D eigenvalue weighted by atomic mass is 9.89. The molecule has 1 aliphatic rings. The normalized spacial score (nSPS) is 21.7. The molecule has 0 aromatic heterocycles. The third-order valence-electron chi connectivity index (χ3n) is 3.51. The predicted octanol–water partition coefficient (Wildman–Crippen LogP) is 1.97. The van der Waals surface area contributed by atoms with E-state index in [4.69, 9.17) is 15.4 Å². The molecule has 21 heavy (non-hydrogen) atoms. The number of rotatable bonds is 4. The fraction of sp³-hybridized carbons (Fsp3) is 0.462. The van der Waals surface area contributed by atoms with Crippen molar-refractivity contribution in [2.24, 2.45) is 0 Å². The predicted molar refractivity (Wildman–Crippen MR) is 75.5 cm³/mol. The van der Waals surface area contributed by atoms with Crippen LogP contribution in [0, 0.1) is 12.7 Å². The standard InChI is InChI=1S/C13H15ClFNO4S/c1-7-3-8(4-11(12(7)15)21(14,18)19)13(17)16-9-5-10(6-9)20-2/h3-4,9-10H,5-6H2,1-2H3,(H,16,17). The van der Waals surface area contributed by atoms with Gasteiger partial charge in [0.15, 0.2) is 0 Å². The summed E-state index contributed by atoms with van der Waals surface area (Å²) in [5, 5.41) is 2.74. The van der Waals surface area contributed by atoms with Crippen molar-refractivity contribution >= 4 is 25.6 Å². The molecular formula is C13H15ClFNO4S. The molecule has 2 rings (SSSR count). The maximum absolute atomic E-state index is 13.8. The summed E-state index contributed by atoms with van der Waals surface area (Å²) in [6.07, 6.45) is 1.52. The molecule has 0 aliphatic heterocycles. The summed E-state index contributed by atoms with van der Waals surface area (Å²) in [6.45, 7) is 1.38. The highest BCUT2D eigenvalue weighted by Crippen LogP contribution is 2.25. The highest BCUT2D eigenvalue weighted by atomic mass is 35.7. The van der Waals surface area contributed by atoms with E-state index >= 15 is 0 Å². The molecule has 1 aliphatic carbocycles. The molecule has 8 heteroatoms. The number of hydrogen-bond acceptors (Lipinski definition) is 4. The van der Waals surface area contributed by atoms with Crippen LogP contribution in [-0.4, -0.2) is 33.6 Å². The Morgan fingerprint density at radius 3 is 2.57 bits per heavy atom. The Balaban J connectivity index is 2.20. The van der Waals surface area contributed by atoms with Gasteiger partial charge < -0.3 is 10.1 Å². The maximum atomic E-state index is 13.8. The van der Waals surface area contributed by atoms with Crippen molar-refractivity contribution in [2.45, 2.75) is 36.8 Å². The van der Waals surface area contributed by atoms with Gasteiger partial charge in [0.05, 0.1) is 6.10 Å². The van der Waals surface area contributed by atoms with Gasteiger partial charge in [-0.15, -0.1) is 0 Å². The number of hydrogen-bond donors (Lipinski definition) is 1. The van der Waals surface area contributed by atoms with Gasteiger partial charge in [-0.25, -0.2) is 12.8 Å². The molecule has 0 radical (unpaired) electrons. The SMILES string of the molecule is COC1CC(NC(=O)c2cc(C)c(F)c(S(=O)(=O)Cl)c2)C1. The Kier molecular flexibility index (Phi) is 4.55. The zero-order valence-electron chi connectivity index (χ0n) is 11.5. The van der Waals surface area contributed by atoms with Crippen molar-refractivity contribution in [1.82, 2.24) is 5.32 Å². The van der Waals surface area contributed by atoms with Crippen molar-refractivity contribution in [3.05, 3.63) is 29.1 Å². The molecule has 0 heterocycles. The van der Waals surface area contributed by atoms with E-state index in [1.165, 1.54) is 13.0 Å². The van der Waals surface area contributed by atoms with Gasteiger partial charge in [-0.3, -0.25) is 4.79 Å². The Bertz CT molecular complexity index is 671. The molecule has 1 N–H and O–H groups in total. The third-order valence-corrected chi connectivity index (χ3v) is 4.83. The minimum absolute atomic E-state index is 0.0242. The fourth-order valence-corrected chi connectivity index (χ4v) is 3.17. The molecule has 5 nitrogen and oxygen atoms in total. The second kappa shape index (κ2) is 5.90. The molecule has 1 aromatic rings. The van der Waals surface area contributed by atoms with Crippen LogP contribution in [0.25, 0.3) is 0 Å². The van der Waals surface area contributed by atoms with Gasteiger partial charge in [0.2, 0.25) is 0 Å². The van der Waals surface area contributed by atoms with E-state index in [9.17, 15) is 17.6 Å². The van der Waals surface area contributed by atoms with Crippen molar-refractivity contribution in [3.63, 3.8) is 0 Å². The van der Waals surface area contributed by atoms with Crippen molar-refractivity contribution in [3.8, 4) is 0 Å². The first-order valence-electron chi connectivity index (χ1n) is 6.31. The van der Waals surface area contributed by atoms with Crippen LogP contribution in [0.1, 0.15) is 28.8 Å². The van der Waals surface area contributed by atoms with Crippen LogP contribution < -0.4 is 5.32 Å². The smallest absolute Gasteiger partial charge is 0.264 e. The monoisotopic (exact) mass is 335 g/mol. The number of amides is 1. The molecule has 0 unspecified atom stereocenters. The van der Waals surface area contributed by atoms with Crippen LogP contribution in [0.5, 0.6) is 0 Å². The lowest BCUT2D eigenvalue weighted by Crippen LogP contribution is -2.47. The number of carbonyl (C=O) groups excluding carboxylic acids is 1. The minimum Gasteiger partial charge on any atom is -0.381 e. The molecule has 0 saturated heterocycles. The second-order valence-electron chi connectivity index (χ2n) is 5.04. The Labute approximate surface area is 126 Å². The van der Waals surface area contributed by atoms with Crippen LogP contribution in [0.3, 0.4) is 0 Å². The van der Waals surface area contributed by atoms with Crippen LogP contribution in [0.4, 0.5) is 4.39 Å². The van der Waals surface area contributed by atoms with Gasteiger partial charge in [0.25, 0.3) is 15.0 Å². The van der Waals surface area contributed by atoms with Crippen LogP contribution >= 0.6 is 10.7 Å². The molecule has 1 amide bonds. The molecular weight excluding hydrogens is 321 g/mol. The fourth-order valence-electron chi connectivity index (χ4n) is 2.19. The van der Waals surface area contributed by atoms with Crippen LogP contribution in [0.2, 0.25) is 0 Å². The van der Waals surface area contributed by atoms with E-state index < -0.39 is 25.7 Å². The number of methoxy groups -OCH3 is 1. The van der Waals surface area contributed by atoms with Crippen LogP contribution in [0.15, 0.2) is 17.0 Å². The minimum atomic E-state index is -4.25. The van der Waals surface area contributed by atoms with Gasteiger partial charge in [-0.1, -0.05) is 0 Å². The van der Waals surface area contributed by atoms with Gasteiger partial charge in [-0.2, -0.15) is 0 Å². The Morgan fingerprint density at radius 2 is 2.05 bits per heavy atom. The van der Waals surface area contributed by atoms with E-state index in [2.05, 4.69) is 5.32 Å². The number of aryl methyl sites for hydroxylation is 1. The summed E-state index contributed by atoms with van der Waals surface area (Å²) < 4.78 is 41.5. The summed E-state index contributed by atoms with van der Waals surface area (Å²) in [4.78, 5) is 11.4. The Morgan fingerprint density at radius 1 is 1.43 bits per heavy atom. The van der Waals surface area contributed by atoms with Gasteiger partial charge >= 0.3 is 0 Å². The van der Waals surface area contributed by atoms with Gasteiger partial charge in [0, 0.05) is 29.4 Å². The molecule has 1 saturated carbocycles. The number of carbonyl (C=O) groups is 1. The number of ether oxygens (including phenoxy) is 1. The van der Waals surface area contributed by atoms with Crippen molar-refractivity contribution in [2.75, 3.05) is 7.11 Å². The number of halogens is 2. The highest BCUT2D eigenvalue weighted by molar-refractivity contribution is 8.13. The molecule has 0 spiro atoms. The molecule has 0 atom stereocenters. The molecule has 0 bridgehead atoms. The van der Waals surface area contributed by atoms with E-state index in [1.807, 2.05) is 0 Å². The summed E-state index contributed by atoms with van der Waals surface area (Å²) in [5.41, 5.74) is 0.110. The van der Waals surface area contributed by atoms with Gasteiger partial charge in [0.1, 0.15) is 10.7 Å². The highest BCUT2D eigenvalue weighted by Gasteiger charge is 2.31. The third kappa shape index (κ3) is 3.53. The van der Waals surface area contributed by atoms with E-state index in [1.54, 1.807) is 7.11 Å². The summed E-state index contributed by atoms with van der Waals surface area (Å²) in [6, 6.07) is 2.22. The first-order chi connectivity index (χ1) is 9.72. The van der Waals surface area contributed by atoms with E-state index in [0.717, 1.165) is 6.07 Å². The van der Waals surface area contributed by atoms with E-state index in [-0.39, 0.29) is 23.3 Å². The summed E-state index contributed by atoms with van der Waals surface area (Å²) in [5.74, 6) is -1.40. The van der Waals surface area contributed by atoms with Crippen molar-refractivity contribution in [1.29, 1.82) is 0 Å². The maximum Gasteiger partial charge on any atom is 0.264 e. The average Bonchev–Trinajstić information content (AvgIpc) is 2.34. The zero-order valence-corrected chi connectivity index (χ0v) is 13.1. The molecule has 1 fully saturated rings. The van der Waals surface area contributed by atoms with Crippen LogP contribution in [-0.2, 0) is 13.8 Å². The number of benzene rings is 1. The summed E-state index contributed by atoms with van der Waals surface area (Å²) in [7, 11) is 2.53. The number of nitrogens with one attached hydrogen (secondary N) is 1. The zero-order chi connectivity index (χ0) is 15.8. The summed E-state index contributed by atoms with van der Waals surface area (Å²) >= 11 is 0. The lowest BCUT2D eigenvalue weighted by Gasteiger charge is -2.34. The first-order valence-corrected chi connectivity index (χ1v) is 8.61. The lowest BCUT2D eigenvalue weighted by molar-refractivity contribution is 0.0176.